The molecule has 4 heteroatoms. The lowest BCUT2D eigenvalue weighted by atomic mass is 10.2. The summed E-state index contributed by atoms with van der Waals surface area (Å²) in [5.41, 5.74) is 7.08. The minimum Gasteiger partial charge on any atom is -0.388 e. The third-order valence-electron chi connectivity index (χ3n) is 2.05. The summed E-state index contributed by atoms with van der Waals surface area (Å²) < 4.78 is 4.92. The molecule has 0 aliphatic heterocycles. The van der Waals surface area contributed by atoms with E-state index in [9.17, 15) is 5.11 Å². The number of nitrogens with zero attached hydrogens (tertiary/aromatic N) is 1. The number of fused-ring (bicyclic) bond motifs is 1. The van der Waals surface area contributed by atoms with Crippen molar-refractivity contribution in [3.63, 3.8) is 0 Å². The third-order valence-corrected chi connectivity index (χ3v) is 2.05. The number of aliphatic hydroxyl groups excluding tert-OH is 1. The summed E-state index contributed by atoms with van der Waals surface area (Å²) in [5.74, 6) is 0.630. The lowest BCUT2D eigenvalue weighted by Gasteiger charge is -1.99. The van der Waals surface area contributed by atoms with Gasteiger partial charge in [0.2, 0.25) is 0 Å². The van der Waals surface area contributed by atoms with Gasteiger partial charge in [-0.25, -0.2) is 0 Å². The fraction of sp³-hybridized carbons (Fsp3) is 0.571. The van der Waals surface area contributed by atoms with E-state index >= 15 is 0 Å². The molecule has 0 saturated heterocycles. The second kappa shape index (κ2) is 2.32. The summed E-state index contributed by atoms with van der Waals surface area (Å²) in [4.78, 5) is 0. The normalized spacial score (nSPS) is 22.2. The van der Waals surface area contributed by atoms with Crippen LogP contribution in [0.4, 0.5) is 0 Å². The zero-order chi connectivity index (χ0) is 7.84. The molecular weight excluding hydrogens is 144 g/mol. The molecule has 60 valence electrons. The Kier molecular flexibility index (Phi) is 1.44. The number of hydrogen-bond donors (Lipinski definition) is 2. The van der Waals surface area contributed by atoms with Crippen molar-refractivity contribution in [2.45, 2.75) is 25.5 Å². The lowest BCUT2D eigenvalue weighted by molar-refractivity contribution is 0.175. The Morgan fingerprint density at radius 2 is 2.55 bits per heavy atom. The molecular formula is C7H10N2O2. The molecule has 1 aliphatic carbocycles. The average Bonchev–Trinajstić information content (AvgIpc) is 2.54. The molecule has 0 bridgehead atoms. The van der Waals surface area contributed by atoms with Crippen LogP contribution in [0.15, 0.2) is 4.52 Å². The minimum absolute atomic E-state index is 0.319. The van der Waals surface area contributed by atoms with E-state index in [-0.39, 0.29) is 0 Å². The number of aryl methyl sites for hydroxylation is 1. The largest absolute Gasteiger partial charge is 0.388 e. The van der Waals surface area contributed by atoms with Gasteiger partial charge in [-0.05, 0) is 12.8 Å². The van der Waals surface area contributed by atoms with Gasteiger partial charge in [0.15, 0.2) is 5.76 Å². The average molecular weight is 154 g/mol. The van der Waals surface area contributed by atoms with Crippen LogP contribution in [0.3, 0.4) is 0 Å². The van der Waals surface area contributed by atoms with Gasteiger partial charge in [0.05, 0.1) is 18.3 Å². The SMILES string of the molecule is NCc1onc2c1C(O)CC2. The molecule has 0 aromatic carbocycles. The van der Waals surface area contributed by atoms with Crippen molar-refractivity contribution >= 4 is 0 Å². The number of rotatable bonds is 1. The molecule has 1 unspecified atom stereocenters. The van der Waals surface area contributed by atoms with Crippen LogP contribution < -0.4 is 5.73 Å². The summed E-state index contributed by atoms with van der Waals surface area (Å²) in [6, 6.07) is 0. The van der Waals surface area contributed by atoms with E-state index in [2.05, 4.69) is 5.16 Å². The molecule has 11 heavy (non-hydrogen) atoms. The van der Waals surface area contributed by atoms with Gasteiger partial charge >= 0.3 is 0 Å². The molecule has 1 heterocycles. The topological polar surface area (TPSA) is 72.3 Å². The smallest absolute Gasteiger partial charge is 0.156 e. The second-order valence-electron chi connectivity index (χ2n) is 2.72. The maximum absolute atomic E-state index is 9.43. The fourth-order valence-corrected chi connectivity index (χ4v) is 1.49. The van der Waals surface area contributed by atoms with Crippen molar-refractivity contribution in [1.29, 1.82) is 0 Å². The van der Waals surface area contributed by atoms with Crippen LogP contribution in [0.5, 0.6) is 0 Å². The van der Waals surface area contributed by atoms with Crippen LogP contribution in [0, 0.1) is 0 Å². The summed E-state index contributed by atoms with van der Waals surface area (Å²) in [7, 11) is 0. The van der Waals surface area contributed by atoms with Crippen LogP contribution >= 0.6 is 0 Å². The van der Waals surface area contributed by atoms with E-state index in [1.807, 2.05) is 0 Å². The van der Waals surface area contributed by atoms with Crippen molar-refractivity contribution in [2.24, 2.45) is 5.73 Å². The summed E-state index contributed by atoms with van der Waals surface area (Å²) in [5, 5.41) is 13.2. The Bertz CT molecular complexity index is 269. The molecule has 0 saturated carbocycles. The molecule has 3 N–H and O–H groups in total. The van der Waals surface area contributed by atoms with Crippen LogP contribution in [0.2, 0.25) is 0 Å². The molecule has 2 rings (SSSR count). The molecule has 1 aliphatic rings. The van der Waals surface area contributed by atoms with E-state index < -0.39 is 6.10 Å². The molecule has 1 aromatic heterocycles. The third kappa shape index (κ3) is 0.868. The van der Waals surface area contributed by atoms with Crippen molar-refractivity contribution in [3.05, 3.63) is 17.0 Å². The Labute approximate surface area is 64.0 Å². The van der Waals surface area contributed by atoms with Gasteiger partial charge in [0, 0.05) is 5.56 Å². The zero-order valence-corrected chi connectivity index (χ0v) is 6.08. The van der Waals surface area contributed by atoms with Gasteiger partial charge in [0.1, 0.15) is 0 Å². The zero-order valence-electron chi connectivity index (χ0n) is 6.08. The highest BCUT2D eigenvalue weighted by Crippen LogP contribution is 2.32. The van der Waals surface area contributed by atoms with E-state index in [4.69, 9.17) is 10.3 Å². The minimum atomic E-state index is -0.408. The van der Waals surface area contributed by atoms with Gasteiger partial charge in [-0.3, -0.25) is 0 Å². The van der Waals surface area contributed by atoms with Gasteiger partial charge in [-0.2, -0.15) is 0 Å². The van der Waals surface area contributed by atoms with Gasteiger partial charge in [-0.1, -0.05) is 5.16 Å². The van der Waals surface area contributed by atoms with Gasteiger partial charge in [-0.15, -0.1) is 0 Å². The molecule has 0 amide bonds. The number of hydrogen-bond acceptors (Lipinski definition) is 4. The standard InChI is InChI=1S/C7H10N2O2/c8-3-6-7-4(9-11-6)1-2-5(7)10/h5,10H,1-3,8H2. The first-order chi connectivity index (χ1) is 5.33. The first-order valence-electron chi connectivity index (χ1n) is 3.68. The summed E-state index contributed by atoms with van der Waals surface area (Å²) in [6.45, 7) is 0.319. The highest BCUT2D eigenvalue weighted by atomic mass is 16.5. The van der Waals surface area contributed by atoms with E-state index in [1.165, 1.54) is 0 Å². The summed E-state index contributed by atoms with van der Waals surface area (Å²) in [6.07, 6.45) is 1.15. The molecule has 4 nitrogen and oxygen atoms in total. The first-order valence-corrected chi connectivity index (χ1v) is 3.68. The van der Waals surface area contributed by atoms with Gasteiger partial charge in [0.25, 0.3) is 0 Å². The Hall–Kier alpha value is -0.870. The van der Waals surface area contributed by atoms with Gasteiger partial charge < -0.3 is 15.4 Å². The monoisotopic (exact) mass is 154 g/mol. The highest BCUT2D eigenvalue weighted by Gasteiger charge is 2.27. The van der Waals surface area contributed by atoms with E-state index in [1.54, 1.807) is 0 Å². The highest BCUT2D eigenvalue weighted by molar-refractivity contribution is 5.29. The predicted octanol–water partition coefficient (Wildman–Crippen LogP) is 0.113. The van der Waals surface area contributed by atoms with Crippen molar-refractivity contribution in [2.75, 3.05) is 0 Å². The number of aliphatic hydroxyl groups is 1. The number of aromatic nitrogens is 1. The van der Waals surface area contributed by atoms with E-state index in [0.29, 0.717) is 12.3 Å². The lowest BCUT2D eigenvalue weighted by Crippen LogP contribution is -2.00. The van der Waals surface area contributed by atoms with Crippen LogP contribution in [0.25, 0.3) is 0 Å². The van der Waals surface area contributed by atoms with Crippen LogP contribution in [-0.2, 0) is 13.0 Å². The van der Waals surface area contributed by atoms with Crippen molar-refractivity contribution in [1.82, 2.24) is 5.16 Å². The molecule has 0 spiro atoms. The predicted molar refractivity (Wildman–Crippen MR) is 37.7 cm³/mol. The Morgan fingerprint density at radius 1 is 1.73 bits per heavy atom. The van der Waals surface area contributed by atoms with E-state index in [0.717, 1.165) is 24.1 Å². The van der Waals surface area contributed by atoms with Crippen molar-refractivity contribution in [3.8, 4) is 0 Å². The molecule has 1 aromatic rings. The molecule has 0 fully saturated rings. The Morgan fingerprint density at radius 3 is 3.27 bits per heavy atom. The maximum Gasteiger partial charge on any atom is 0.156 e. The fourth-order valence-electron chi connectivity index (χ4n) is 1.49. The first kappa shape index (κ1) is 6.82. The maximum atomic E-state index is 9.43. The van der Waals surface area contributed by atoms with Crippen LogP contribution in [-0.4, -0.2) is 10.3 Å². The molecule has 1 atom stereocenters. The molecule has 0 radical (unpaired) electrons. The number of nitrogens with two attached hydrogens (primary N) is 1. The van der Waals surface area contributed by atoms with Crippen LogP contribution in [0.1, 0.15) is 29.5 Å². The Balaban J connectivity index is 2.46. The summed E-state index contributed by atoms with van der Waals surface area (Å²) >= 11 is 0. The second-order valence-corrected chi connectivity index (χ2v) is 2.72. The quantitative estimate of drug-likeness (QED) is 0.602. The van der Waals surface area contributed by atoms with Crippen molar-refractivity contribution < 1.29 is 9.63 Å².